The van der Waals surface area contributed by atoms with Gasteiger partial charge in [0.15, 0.2) is 0 Å². The Balaban J connectivity index is 1.26. The average molecular weight is 360 g/mol. The van der Waals surface area contributed by atoms with Crippen LogP contribution in [0.5, 0.6) is 0 Å². The summed E-state index contributed by atoms with van der Waals surface area (Å²) < 4.78 is 0. The van der Waals surface area contributed by atoms with E-state index < -0.39 is 0 Å². The number of fused-ring (bicyclic) bond motifs is 6. The fourth-order valence-corrected chi connectivity index (χ4v) is 4.94. The lowest BCUT2D eigenvalue weighted by Crippen LogP contribution is -2.35. The number of imide groups is 1. The van der Waals surface area contributed by atoms with Crippen molar-refractivity contribution in [3.8, 4) is 0 Å². The number of hydrogen-bond donors (Lipinski definition) is 1. The number of benzene rings is 2. The summed E-state index contributed by atoms with van der Waals surface area (Å²) in [5.41, 5.74) is 0.747. The minimum absolute atomic E-state index is 0.0974. The Labute approximate surface area is 157 Å². The van der Waals surface area contributed by atoms with Crippen LogP contribution in [0.2, 0.25) is 0 Å². The van der Waals surface area contributed by atoms with Crippen molar-refractivity contribution in [2.75, 3.05) is 11.9 Å². The molecule has 0 aromatic heterocycles. The molecule has 4 atom stereocenters. The number of nitrogens with one attached hydrogen (secondary N) is 1. The molecule has 0 spiro atoms. The van der Waals surface area contributed by atoms with Gasteiger partial charge in [0.05, 0.1) is 11.8 Å². The number of carbonyl (C=O) groups is 3. The number of amides is 3. The van der Waals surface area contributed by atoms with Gasteiger partial charge in [-0.3, -0.25) is 19.3 Å². The molecule has 1 saturated carbocycles. The van der Waals surface area contributed by atoms with Gasteiger partial charge in [-0.15, -0.1) is 0 Å². The first kappa shape index (κ1) is 16.2. The van der Waals surface area contributed by atoms with E-state index in [2.05, 4.69) is 17.5 Å². The van der Waals surface area contributed by atoms with Crippen LogP contribution in [0.4, 0.5) is 5.69 Å². The molecule has 2 aromatic carbocycles. The summed E-state index contributed by atoms with van der Waals surface area (Å²) in [5, 5.41) is 4.94. The van der Waals surface area contributed by atoms with E-state index in [4.69, 9.17) is 0 Å². The molecule has 2 aliphatic carbocycles. The van der Waals surface area contributed by atoms with Crippen LogP contribution in [0, 0.1) is 23.7 Å². The molecule has 2 bridgehead atoms. The minimum Gasteiger partial charge on any atom is -0.325 e. The second kappa shape index (κ2) is 6.05. The van der Waals surface area contributed by atoms with Crippen molar-refractivity contribution < 1.29 is 14.4 Å². The lowest BCUT2D eigenvalue weighted by Gasteiger charge is -2.17. The highest BCUT2D eigenvalue weighted by molar-refractivity contribution is 6.07. The predicted molar refractivity (Wildman–Crippen MR) is 102 cm³/mol. The molecule has 1 saturated heterocycles. The Bertz CT molecular complexity index is 961. The molecule has 0 unspecified atom stereocenters. The van der Waals surface area contributed by atoms with Gasteiger partial charge in [-0.05, 0) is 29.7 Å². The lowest BCUT2D eigenvalue weighted by atomic mass is 9.85. The highest BCUT2D eigenvalue weighted by Gasteiger charge is 2.58. The van der Waals surface area contributed by atoms with Crippen molar-refractivity contribution in [2.45, 2.75) is 12.8 Å². The van der Waals surface area contributed by atoms with E-state index in [9.17, 15) is 14.4 Å². The van der Waals surface area contributed by atoms with Gasteiger partial charge in [0.25, 0.3) is 0 Å². The van der Waals surface area contributed by atoms with Crippen molar-refractivity contribution in [2.24, 2.45) is 23.7 Å². The summed E-state index contributed by atoms with van der Waals surface area (Å²) >= 11 is 0. The van der Waals surface area contributed by atoms with Crippen LogP contribution in [0.1, 0.15) is 12.8 Å². The zero-order valence-electron chi connectivity index (χ0n) is 14.8. The molecule has 1 N–H and O–H groups in total. The molecule has 3 aliphatic rings. The van der Waals surface area contributed by atoms with E-state index in [1.807, 2.05) is 42.5 Å². The molecular formula is C22H20N2O3. The molecule has 1 aliphatic heterocycles. The standard InChI is InChI=1S/C22H20N2O3/c25-18(23-17-7-3-5-13-4-1-2-6-16(13)17)10-11-24-21(26)19-14-8-9-15(12-14)20(19)22(24)27/h1-9,14-15,19-20H,10-12H2,(H,23,25)/t14-,15-,19-,20+/m0/s1. The summed E-state index contributed by atoms with van der Waals surface area (Å²) in [5.74, 6) is -0.385. The first-order valence-corrected chi connectivity index (χ1v) is 9.44. The fourth-order valence-electron chi connectivity index (χ4n) is 4.94. The van der Waals surface area contributed by atoms with Crippen LogP contribution in [0.3, 0.4) is 0 Å². The number of carbonyl (C=O) groups excluding carboxylic acids is 3. The lowest BCUT2D eigenvalue weighted by molar-refractivity contribution is -0.140. The number of allylic oxidation sites excluding steroid dienone is 2. The van der Waals surface area contributed by atoms with E-state index in [1.165, 1.54) is 4.90 Å². The largest absolute Gasteiger partial charge is 0.325 e. The van der Waals surface area contributed by atoms with Crippen LogP contribution in [-0.4, -0.2) is 29.2 Å². The van der Waals surface area contributed by atoms with E-state index in [0.717, 1.165) is 22.9 Å². The Morgan fingerprint density at radius 2 is 1.63 bits per heavy atom. The maximum atomic E-state index is 12.7. The average Bonchev–Trinajstić information content (AvgIpc) is 3.35. The van der Waals surface area contributed by atoms with E-state index in [-0.39, 0.29) is 54.4 Å². The molecular weight excluding hydrogens is 340 g/mol. The maximum absolute atomic E-state index is 12.7. The predicted octanol–water partition coefficient (Wildman–Crippen LogP) is 2.98. The van der Waals surface area contributed by atoms with Crippen molar-refractivity contribution >= 4 is 34.2 Å². The summed E-state index contributed by atoms with van der Waals surface area (Å²) in [7, 11) is 0. The summed E-state index contributed by atoms with van der Waals surface area (Å²) in [6.45, 7) is 0.153. The Morgan fingerprint density at radius 1 is 0.963 bits per heavy atom. The van der Waals surface area contributed by atoms with Crippen LogP contribution in [-0.2, 0) is 14.4 Å². The zero-order chi connectivity index (χ0) is 18.5. The molecule has 2 fully saturated rings. The summed E-state index contributed by atoms with van der Waals surface area (Å²) in [4.78, 5) is 39.1. The smallest absolute Gasteiger partial charge is 0.233 e. The van der Waals surface area contributed by atoms with Gasteiger partial charge < -0.3 is 5.32 Å². The van der Waals surface area contributed by atoms with Crippen molar-refractivity contribution in [1.82, 2.24) is 4.90 Å². The van der Waals surface area contributed by atoms with Crippen LogP contribution in [0.15, 0.2) is 54.6 Å². The van der Waals surface area contributed by atoms with Crippen molar-refractivity contribution in [3.05, 3.63) is 54.6 Å². The first-order valence-electron chi connectivity index (χ1n) is 9.44. The van der Waals surface area contributed by atoms with Crippen LogP contribution in [0.25, 0.3) is 10.8 Å². The fraction of sp³-hybridized carbons (Fsp3) is 0.318. The normalized spacial score (nSPS) is 28.2. The maximum Gasteiger partial charge on any atom is 0.233 e. The van der Waals surface area contributed by atoms with Gasteiger partial charge in [-0.1, -0.05) is 48.6 Å². The van der Waals surface area contributed by atoms with Crippen LogP contribution < -0.4 is 5.32 Å². The molecule has 3 amide bonds. The molecule has 5 heteroatoms. The van der Waals surface area contributed by atoms with E-state index >= 15 is 0 Å². The number of nitrogens with zero attached hydrogens (tertiary/aromatic N) is 1. The highest BCUT2D eigenvalue weighted by atomic mass is 16.2. The topological polar surface area (TPSA) is 66.5 Å². The van der Waals surface area contributed by atoms with E-state index in [1.54, 1.807) is 0 Å². The van der Waals surface area contributed by atoms with Crippen LogP contribution >= 0.6 is 0 Å². The highest BCUT2D eigenvalue weighted by Crippen LogP contribution is 2.52. The third-order valence-electron chi connectivity index (χ3n) is 6.19. The van der Waals surface area contributed by atoms with Gasteiger partial charge in [-0.25, -0.2) is 0 Å². The molecule has 5 rings (SSSR count). The second-order valence-corrected chi connectivity index (χ2v) is 7.65. The molecule has 1 heterocycles. The van der Waals surface area contributed by atoms with Crippen molar-refractivity contribution in [1.29, 1.82) is 0 Å². The SMILES string of the molecule is O=C(CCN1C(=O)[C@@H]2[C@H](C1=O)[C@H]1C=C[C@H]2C1)Nc1cccc2ccccc12. The molecule has 27 heavy (non-hydrogen) atoms. The summed E-state index contributed by atoms with van der Waals surface area (Å²) in [6.07, 6.45) is 5.19. The van der Waals surface area contributed by atoms with E-state index in [0.29, 0.717) is 0 Å². The second-order valence-electron chi connectivity index (χ2n) is 7.65. The Kier molecular flexibility index (Phi) is 3.64. The third kappa shape index (κ3) is 2.49. The van der Waals surface area contributed by atoms with Gasteiger partial charge in [0.1, 0.15) is 0 Å². The van der Waals surface area contributed by atoms with Gasteiger partial charge >= 0.3 is 0 Å². The van der Waals surface area contributed by atoms with Gasteiger partial charge in [0, 0.05) is 24.0 Å². The van der Waals surface area contributed by atoms with Gasteiger partial charge in [0.2, 0.25) is 17.7 Å². The Morgan fingerprint density at radius 3 is 2.37 bits per heavy atom. The zero-order valence-corrected chi connectivity index (χ0v) is 14.8. The number of anilines is 1. The summed E-state index contributed by atoms with van der Waals surface area (Å²) in [6, 6.07) is 13.6. The monoisotopic (exact) mass is 360 g/mol. The minimum atomic E-state index is -0.200. The molecule has 136 valence electrons. The van der Waals surface area contributed by atoms with Gasteiger partial charge in [-0.2, -0.15) is 0 Å². The molecule has 0 radical (unpaired) electrons. The number of likely N-dealkylation sites (tertiary alicyclic amines) is 1. The first-order chi connectivity index (χ1) is 13.1. The molecule has 2 aromatic rings. The molecule has 5 nitrogen and oxygen atoms in total. The third-order valence-corrected chi connectivity index (χ3v) is 6.19. The Hall–Kier alpha value is -2.95. The number of hydrogen-bond acceptors (Lipinski definition) is 3. The quantitative estimate of drug-likeness (QED) is 0.673. The number of rotatable bonds is 4. The van der Waals surface area contributed by atoms with Crippen molar-refractivity contribution in [3.63, 3.8) is 0 Å².